The average Bonchev–Trinajstić information content (AvgIpc) is 2.97. The quantitative estimate of drug-likeness (QED) is 0.369. The first kappa shape index (κ1) is 29.6. The fourth-order valence-corrected chi connectivity index (χ4v) is 4.37. The van der Waals surface area contributed by atoms with Crippen LogP contribution < -0.4 is 5.32 Å². The number of piperazine rings is 1. The summed E-state index contributed by atoms with van der Waals surface area (Å²) in [6.07, 6.45) is 4.59. The van der Waals surface area contributed by atoms with Gasteiger partial charge in [-0.15, -0.1) is 0 Å². The fourth-order valence-electron chi connectivity index (χ4n) is 4.37. The number of rotatable bonds is 13. The van der Waals surface area contributed by atoms with Crippen LogP contribution in [0.3, 0.4) is 0 Å². The van der Waals surface area contributed by atoms with Crippen LogP contribution in [0.15, 0.2) is 48.5 Å². The molecule has 0 bridgehead atoms. The van der Waals surface area contributed by atoms with Crippen molar-refractivity contribution in [2.45, 2.75) is 57.9 Å². The van der Waals surface area contributed by atoms with Gasteiger partial charge in [0.2, 0.25) is 5.91 Å². The minimum absolute atomic E-state index is 0.0570. The van der Waals surface area contributed by atoms with E-state index in [1.165, 1.54) is 6.42 Å². The summed E-state index contributed by atoms with van der Waals surface area (Å²) in [5.41, 5.74) is 1.59. The highest BCUT2D eigenvalue weighted by Gasteiger charge is 2.31. The molecule has 2 N–H and O–H groups in total. The number of unbranched alkanes of at least 4 members (excludes halogenated alkanes) is 4. The van der Waals surface area contributed by atoms with E-state index in [0.717, 1.165) is 31.2 Å². The first-order valence-corrected chi connectivity index (χ1v) is 13.6. The van der Waals surface area contributed by atoms with E-state index in [9.17, 15) is 24.3 Å². The Hall–Kier alpha value is -3.95. The van der Waals surface area contributed by atoms with Gasteiger partial charge < -0.3 is 25.0 Å². The largest absolute Gasteiger partial charge is 0.481 e. The minimum Gasteiger partial charge on any atom is -0.481 e. The van der Waals surface area contributed by atoms with E-state index in [-0.39, 0.29) is 37.5 Å². The number of carboxylic acid groups (broad SMARTS) is 1. The zero-order valence-corrected chi connectivity index (χ0v) is 22.5. The van der Waals surface area contributed by atoms with Crippen molar-refractivity contribution in [1.82, 2.24) is 20.1 Å². The molecule has 10 nitrogen and oxygen atoms in total. The highest BCUT2D eigenvalue weighted by Crippen LogP contribution is 2.17. The lowest BCUT2D eigenvalue weighted by Gasteiger charge is -2.36. The van der Waals surface area contributed by atoms with E-state index >= 15 is 0 Å². The summed E-state index contributed by atoms with van der Waals surface area (Å²) in [6.45, 7) is 3.68. The van der Waals surface area contributed by atoms with Crippen LogP contribution >= 0.6 is 0 Å². The zero-order valence-electron chi connectivity index (χ0n) is 22.5. The Morgan fingerprint density at radius 3 is 2.31 bits per heavy atom. The third-order valence-corrected chi connectivity index (χ3v) is 6.62. The predicted octanol–water partition coefficient (Wildman–Crippen LogP) is 3.96. The molecular weight excluding hydrogens is 500 g/mol. The van der Waals surface area contributed by atoms with Crippen LogP contribution in [-0.2, 0) is 14.3 Å². The maximum atomic E-state index is 13.3. The molecule has 1 aromatic carbocycles. The average molecular weight is 539 g/mol. The molecule has 0 unspecified atom stereocenters. The summed E-state index contributed by atoms with van der Waals surface area (Å²) >= 11 is 0. The number of carboxylic acids is 1. The molecule has 1 aliphatic rings. The Bertz CT molecular complexity index is 1100. The Morgan fingerprint density at radius 2 is 1.62 bits per heavy atom. The van der Waals surface area contributed by atoms with E-state index < -0.39 is 24.0 Å². The Labute approximate surface area is 229 Å². The van der Waals surface area contributed by atoms with Crippen LogP contribution in [0.4, 0.5) is 4.79 Å². The number of carbonyl (C=O) groups excluding carboxylic acids is 3. The van der Waals surface area contributed by atoms with Crippen molar-refractivity contribution in [2.75, 3.05) is 32.8 Å². The van der Waals surface area contributed by atoms with Gasteiger partial charge in [-0.05, 0) is 25.0 Å². The highest BCUT2D eigenvalue weighted by atomic mass is 16.6. The molecule has 0 saturated carbocycles. The molecule has 3 rings (SSSR count). The maximum absolute atomic E-state index is 13.3. The third kappa shape index (κ3) is 9.38. The first-order valence-electron chi connectivity index (χ1n) is 13.6. The van der Waals surface area contributed by atoms with E-state index in [2.05, 4.69) is 17.2 Å². The first-order chi connectivity index (χ1) is 18.9. The van der Waals surface area contributed by atoms with Gasteiger partial charge in [0.05, 0.1) is 12.3 Å². The lowest BCUT2D eigenvalue weighted by molar-refractivity contribution is -0.138. The molecule has 1 atom stereocenters. The number of amides is 3. The summed E-state index contributed by atoms with van der Waals surface area (Å²) in [7, 11) is 0. The molecule has 1 saturated heterocycles. The third-order valence-electron chi connectivity index (χ3n) is 6.62. The number of carbonyl (C=O) groups is 4. The number of aromatic nitrogens is 1. The summed E-state index contributed by atoms with van der Waals surface area (Å²) in [5.74, 6) is -2.00. The molecule has 0 spiro atoms. The van der Waals surface area contributed by atoms with Crippen molar-refractivity contribution in [1.29, 1.82) is 0 Å². The van der Waals surface area contributed by atoms with Crippen molar-refractivity contribution in [3.05, 3.63) is 54.2 Å². The molecule has 0 aliphatic carbocycles. The number of nitrogens with one attached hydrogen (secondary N) is 1. The SMILES string of the molecule is CCCCCCCOC(=O)N1CCN(C(=O)[C@H](CCC(=O)O)NC(=O)c2cccc(-c3ccccc3)n2)CC1. The maximum Gasteiger partial charge on any atom is 0.409 e. The fraction of sp³-hybridized carbons (Fsp3) is 0.483. The molecule has 10 heteroatoms. The van der Waals surface area contributed by atoms with Gasteiger partial charge in [-0.2, -0.15) is 0 Å². The second-order valence-corrected chi connectivity index (χ2v) is 9.57. The number of hydrogen-bond donors (Lipinski definition) is 2. The number of benzene rings is 1. The smallest absolute Gasteiger partial charge is 0.409 e. The van der Waals surface area contributed by atoms with Crippen LogP contribution in [0, 0.1) is 0 Å². The van der Waals surface area contributed by atoms with E-state index in [1.807, 2.05) is 30.3 Å². The number of pyridine rings is 1. The van der Waals surface area contributed by atoms with Gasteiger partial charge in [0.25, 0.3) is 5.91 Å². The molecule has 210 valence electrons. The second-order valence-electron chi connectivity index (χ2n) is 9.57. The number of hydrogen-bond acceptors (Lipinski definition) is 6. The van der Waals surface area contributed by atoms with E-state index in [0.29, 0.717) is 25.4 Å². The predicted molar refractivity (Wildman–Crippen MR) is 146 cm³/mol. The minimum atomic E-state index is -1.06. The molecule has 2 aromatic rings. The van der Waals surface area contributed by atoms with Gasteiger partial charge in [0.15, 0.2) is 0 Å². The molecule has 0 radical (unpaired) electrons. The van der Waals surface area contributed by atoms with Gasteiger partial charge in [0, 0.05) is 38.2 Å². The van der Waals surface area contributed by atoms with Gasteiger partial charge in [-0.25, -0.2) is 9.78 Å². The summed E-state index contributed by atoms with van der Waals surface area (Å²) < 4.78 is 5.37. The van der Waals surface area contributed by atoms with Gasteiger partial charge in [-0.1, -0.05) is 69.0 Å². The van der Waals surface area contributed by atoms with Gasteiger partial charge >= 0.3 is 12.1 Å². The van der Waals surface area contributed by atoms with Crippen molar-refractivity contribution < 1.29 is 29.0 Å². The van der Waals surface area contributed by atoms with Crippen molar-refractivity contribution >= 4 is 23.9 Å². The summed E-state index contributed by atoms with van der Waals surface area (Å²) in [4.78, 5) is 57.5. The lowest BCUT2D eigenvalue weighted by Crippen LogP contribution is -2.56. The van der Waals surface area contributed by atoms with Crippen molar-refractivity contribution in [2.24, 2.45) is 0 Å². The van der Waals surface area contributed by atoms with Gasteiger partial charge in [0.1, 0.15) is 11.7 Å². The van der Waals surface area contributed by atoms with Crippen molar-refractivity contribution in [3.8, 4) is 11.3 Å². The second kappa shape index (κ2) is 15.5. The van der Waals surface area contributed by atoms with Crippen LogP contribution in [0.25, 0.3) is 11.3 Å². The Kier molecular flexibility index (Phi) is 11.7. The molecule has 2 heterocycles. The molecular formula is C29H38N4O6. The van der Waals surface area contributed by atoms with E-state index in [4.69, 9.17) is 4.74 Å². The lowest BCUT2D eigenvalue weighted by atomic mass is 10.1. The van der Waals surface area contributed by atoms with Gasteiger partial charge in [-0.3, -0.25) is 14.4 Å². The Balaban J connectivity index is 1.56. The number of aliphatic carboxylic acids is 1. The highest BCUT2D eigenvalue weighted by molar-refractivity contribution is 5.96. The summed E-state index contributed by atoms with van der Waals surface area (Å²) in [5, 5.41) is 11.9. The summed E-state index contributed by atoms with van der Waals surface area (Å²) in [6, 6.07) is 13.4. The normalized spacial score (nSPS) is 14.0. The number of nitrogens with zero attached hydrogens (tertiary/aromatic N) is 3. The molecule has 39 heavy (non-hydrogen) atoms. The van der Waals surface area contributed by atoms with Crippen LogP contribution in [-0.4, -0.2) is 82.6 Å². The van der Waals surface area contributed by atoms with Crippen LogP contribution in [0.1, 0.15) is 62.4 Å². The molecule has 1 aliphatic heterocycles. The Morgan fingerprint density at radius 1 is 0.923 bits per heavy atom. The monoisotopic (exact) mass is 538 g/mol. The molecule has 3 amide bonds. The molecule has 1 fully saturated rings. The van der Waals surface area contributed by atoms with E-state index in [1.54, 1.807) is 28.0 Å². The topological polar surface area (TPSA) is 129 Å². The molecule has 1 aromatic heterocycles. The van der Waals surface area contributed by atoms with Crippen LogP contribution in [0.2, 0.25) is 0 Å². The van der Waals surface area contributed by atoms with Crippen LogP contribution in [0.5, 0.6) is 0 Å². The zero-order chi connectivity index (χ0) is 28.0. The number of ether oxygens (including phenoxy) is 1. The van der Waals surface area contributed by atoms with Crippen molar-refractivity contribution in [3.63, 3.8) is 0 Å². The standard InChI is InChI=1S/C29H38N4O6/c1-2-3-4-5-9-21-39-29(38)33-19-17-32(18-20-33)28(37)25(15-16-26(34)35)31-27(36)24-14-10-13-23(30-24)22-11-7-6-8-12-22/h6-8,10-14,25H,2-5,9,15-21H2,1H3,(H,31,36)(H,34,35)/t25-/m0/s1.